The number of ether oxygens (including phenoxy) is 1. The number of rotatable bonds is 13. The van der Waals surface area contributed by atoms with Gasteiger partial charge in [0.2, 0.25) is 0 Å². The molecule has 0 aromatic heterocycles. The highest BCUT2D eigenvalue weighted by Gasteiger charge is 2.47. The van der Waals surface area contributed by atoms with Crippen molar-refractivity contribution in [2.24, 2.45) is 5.92 Å². The number of likely N-dealkylation sites (N-methyl/N-ethyl adjacent to an activating group) is 1. The van der Waals surface area contributed by atoms with Gasteiger partial charge in [-0.15, -0.1) is 0 Å². The third-order valence-corrected chi connectivity index (χ3v) is 7.95. The molecule has 38 heavy (non-hydrogen) atoms. The average Bonchev–Trinajstić information content (AvgIpc) is 3.60. The maximum atomic E-state index is 13.4. The lowest BCUT2D eigenvalue weighted by molar-refractivity contribution is -0.188. The van der Waals surface area contributed by atoms with Crippen molar-refractivity contribution in [2.75, 3.05) is 59.5 Å². The molecule has 0 saturated carbocycles. The fraction of sp³-hybridized carbons (Fsp3) is 0.679. The maximum absolute atomic E-state index is 13.4. The Kier molecular flexibility index (Phi) is 9.49. The van der Waals surface area contributed by atoms with Gasteiger partial charge in [0.25, 0.3) is 5.91 Å². The number of hydrogen-bond donors (Lipinski definition) is 1. The number of amides is 3. The van der Waals surface area contributed by atoms with Crippen LogP contribution in [0.1, 0.15) is 56.6 Å². The molecule has 0 spiro atoms. The van der Waals surface area contributed by atoms with Crippen molar-refractivity contribution < 1.29 is 29.1 Å². The van der Waals surface area contributed by atoms with E-state index in [1.165, 1.54) is 5.06 Å². The van der Waals surface area contributed by atoms with E-state index >= 15 is 0 Å². The number of likely N-dealkylation sites (tertiary alicyclic amines) is 1. The molecule has 1 aromatic rings. The van der Waals surface area contributed by atoms with Crippen LogP contribution in [0.25, 0.3) is 0 Å². The number of urea groups is 1. The van der Waals surface area contributed by atoms with E-state index in [0.29, 0.717) is 52.4 Å². The predicted molar refractivity (Wildman–Crippen MR) is 142 cm³/mol. The van der Waals surface area contributed by atoms with Gasteiger partial charge in [0.1, 0.15) is 5.75 Å². The number of hydrogen-bond acceptors (Lipinski definition) is 6. The molecule has 3 aliphatic rings. The third-order valence-electron chi connectivity index (χ3n) is 7.95. The Bertz CT molecular complexity index is 996. The van der Waals surface area contributed by atoms with Crippen molar-refractivity contribution >= 4 is 17.9 Å². The Morgan fingerprint density at radius 3 is 2.71 bits per heavy atom. The number of benzene rings is 1. The number of carboxylic acid groups (broad SMARTS) is 1. The van der Waals surface area contributed by atoms with Crippen LogP contribution in [0.5, 0.6) is 5.75 Å². The normalized spacial score (nSPS) is 23.1. The number of carbonyl (C=O) groups is 3. The largest absolute Gasteiger partial charge is 0.493 e. The molecular weight excluding hydrogens is 488 g/mol. The molecule has 0 radical (unpaired) electrons. The maximum Gasteiger partial charge on any atom is 0.319 e. The Labute approximate surface area is 225 Å². The number of nitrogens with zero attached hydrogens (tertiary/aromatic N) is 4. The number of carboxylic acids is 1. The van der Waals surface area contributed by atoms with Gasteiger partial charge in [-0.3, -0.25) is 19.3 Å². The summed E-state index contributed by atoms with van der Waals surface area (Å²) in [6.45, 7) is 7.96. The van der Waals surface area contributed by atoms with Crippen molar-refractivity contribution in [3.05, 3.63) is 29.3 Å². The van der Waals surface area contributed by atoms with Gasteiger partial charge in [0, 0.05) is 58.2 Å². The second kappa shape index (κ2) is 12.8. The molecule has 1 N–H and O–H groups in total. The van der Waals surface area contributed by atoms with Crippen molar-refractivity contribution in [1.29, 1.82) is 0 Å². The summed E-state index contributed by atoms with van der Waals surface area (Å²) in [6, 6.07) is 5.55. The third kappa shape index (κ3) is 6.23. The molecule has 210 valence electrons. The number of hydroxylamine groups is 2. The molecule has 1 aromatic carbocycles. The Morgan fingerprint density at radius 1 is 1.21 bits per heavy atom. The zero-order chi connectivity index (χ0) is 27.2. The van der Waals surface area contributed by atoms with Crippen molar-refractivity contribution in [2.45, 2.75) is 57.9 Å². The second-order valence-electron chi connectivity index (χ2n) is 10.6. The smallest absolute Gasteiger partial charge is 0.319 e. The van der Waals surface area contributed by atoms with E-state index in [2.05, 4.69) is 13.0 Å². The Hall–Kier alpha value is -2.85. The molecule has 3 atom stereocenters. The summed E-state index contributed by atoms with van der Waals surface area (Å²) in [7, 11) is 1.78. The number of unbranched alkanes of at least 4 members (excludes halogenated alkanes) is 1. The fourth-order valence-electron chi connectivity index (χ4n) is 5.84. The number of aliphatic carboxylic acids is 1. The van der Waals surface area contributed by atoms with Gasteiger partial charge in [-0.1, -0.05) is 32.4 Å². The molecule has 0 aliphatic carbocycles. The highest BCUT2D eigenvalue weighted by molar-refractivity contribution is 5.78. The minimum Gasteiger partial charge on any atom is -0.493 e. The standard InChI is InChI=1S/C28H42N4O6/c1-4-6-11-32(38-15-5-2)25(33)19-31-18-22(20-7-8-24-21(17-20)10-16-37-24)26(27(34)35)23(31)9-12-30-14-13-29(3)28(30)36/h7-8,17,22-23,26H,4-6,9-16,18-19H2,1-3H3,(H,34,35)/t22-,23+,26?/m1/s1. The summed E-state index contributed by atoms with van der Waals surface area (Å²) in [5, 5.41) is 11.9. The van der Waals surface area contributed by atoms with Crippen LogP contribution >= 0.6 is 0 Å². The minimum atomic E-state index is -0.873. The van der Waals surface area contributed by atoms with Gasteiger partial charge >= 0.3 is 12.0 Å². The molecule has 3 heterocycles. The molecule has 0 bridgehead atoms. The Morgan fingerprint density at radius 2 is 2.03 bits per heavy atom. The van der Waals surface area contributed by atoms with Crippen LogP contribution in [-0.4, -0.2) is 108 Å². The number of fused-ring (bicyclic) bond motifs is 1. The van der Waals surface area contributed by atoms with E-state index in [1.807, 2.05) is 24.0 Å². The van der Waals surface area contributed by atoms with Crippen LogP contribution in [0.4, 0.5) is 4.79 Å². The highest BCUT2D eigenvalue weighted by Crippen LogP contribution is 2.41. The SMILES string of the molecule is CCCCN(OCCC)C(=O)CN1C[C@H](c2ccc3c(c2)CCO3)C(C(=O)O)[C@@H]1CCN1CCN(C)C1=O. The first-order chi connectivity index (χ1) is 18.3. The first kappa shape index (κ1) is 28.2. The first-order valence-corrected chi connectivity index (χ1v) is 14.0. The van der Waals surface area contributed by atoms with Crippen molar-refractivity contribution in [1.82, 2.24) is 19.8 Å². The lowest BCUT2D eigenvalue weighted by atomic mass is 9.83. The summed E-state index contributed by atoms with van der Waals surface area (Å²) in [4.78, 5) is 49.9. The first-order valence-electron chi connectivity index (χ1n) is 14.0. The summed E-state index contributed by atoms with van der Waals surface area (Å²) >= 11 is 0. The van der Waals surface area contributed by atoms with Gasteiger partial charge in [0.15, 0.2) is 0 Å². The zero-order valence-electron chi connectivity index (χ0n) is 22.9. The van der Waals surface area contributed by atoms with Crippen molar-refractivity contribution in [3.63, 3.8) is 0 Å². The van der Waals surface area contributed by atoms with E-state index in [4.69, 9.17) is 9.57 Å². The summed E-state index contributed by atoms with van der Waals surface area (Å²) < 4.78 is 5.66. The van der Waals surface area contributed by atoms with Crippen LogP contribution in [0.2, 0.25) is 0 Å². The Balaban J connectivity index is 1.57. The minimum absolute atomic E-state index is 0.0358. The van der Waals surface area contributed by atoms with Gasteiger partial charge in [0.05, 0.1) is 25.7 Å². The van der Waals surface area contributed by atoms with E-state index in [1.54, 1.807) is 16.8 Å². The van der Waals surface area contributed by atoms with Crippen LogP contribution in [-0.2, 0) is 20.8 Å². The summed E-state index contributed by atoms with van der Waals surface area (Å²) in [5.41, 5.74) is 2.06. The quantitative estimate of drug-likeness (QED) is 0.391. The highest BCUT2D eigenvalue weighted by atomic mass is 16.7. The van der Waals surface area contributed by atoms with Crippen LogP contribution in [0.3, 0.4) is 0 Å². The van der Waals surface area contributed by atoms with E-state index in [0.717, 1.165) is 42.6 Å². The fourth-order valence-corrected chi connectivity index (χ4v) is 5.84. The van der Waals surface area contributed by atoms with Crippen molar-refractivity contribution in [3.8, 4) is 5.75 Å². The lowest BCUT2D eigenvalue weighted by Gasteiger charge is -2.30. The molecule has 3 aliphatic heterocycles. The van der Waals surface area contributed by atoms with E-state index in [-0.39, 0.29) is 30.4 Å². The molecular formula is C28H42N4O6. The average molecular weight is 531 g/mol. The van der Waals surface area contributed by atoms with Crippen LogP contribution in [0.15, 0.2) is 18.2 Å². The summed E-state index contributed by atoms with van der Waals surface area (Å²) in [5.74, 6) is -1.13. The topological polar surface area (TPSA) is 103 Å². The van der Waals surface area contributed by atoms with E-state index in [9.17, 15) is 19.5 Å². The molecule has 2 saturated heterocycles. The molecule has 10 nitrogen and oxygen atoms in total. The summed E-state index contributed by atoms with van der Waals surface area (Å²) in [6.07, 6.45) is 3.87. The molecule has 10 heteroatoms. The predicted octanol–water partition coefficient (Wildman–Crippen LogP) is 2.82. The molecule has 4 rings (SSSR count). The van der Waals surface area contributed by atoms with Gasteiger partial charge in [-0.25, -0.2) is 9.86 Å². The lowest BCUT2D eigenvalue weighted by Crippen LogP contribution is -2.45. The van der Waals surface area contributed by atoms with Gasteiger partial charge in [-0.05, 0) is 36.5 Å². The van der Waals surface area contributed by atoms with E-state index < -0.39 is 11.9 Å². The molecule has 3 amide bonds. The van der Waals surface area contributed by atoms with Crippen LogP contribution in [0, 0.1) is 5.92 Å². The van der Waals surface area contributed by atoms with Gasteiger partial charge < -0.3 is 19.6 Å². The monoisotopic (exact) mass is 530 g/mol. The second-order valence-corrected chi connectivity index (χ2v) is 10.6. The molecule has 1 unspecified atom stereocenters. The molecule has 2 fully saturated rings. The number of carbonyl (C=O) groups excluding carboxylic acids is 2. The zero-order valence-corrected chi connectivity index (χ0v) is 22.9. The van der Waals surface area contributed by atoms with Gasteiger partial charge in [-0.2, -0.15) is 0 Å². The van der Waals surface area contributed by atoms with Crippen LogP contribution < -0.4 is 4.74 Å².